The zero-order valence-corrected chi connectivity index (χ0v) is 13.1. The van der Waals surface area contributed by atoms with E-state index in [1.165, 1.54) is 7.11 Å². The third-order valence-corrected chi connectivity index (χ3v) is 4.93. The minimum atomic E-state index is -2.87. The molecule has 1 saturated heterocycles. The maximum atomic E-state index is 11.4. The smallest absolute Gasteiger partial charge is 0.322 e. The molecule has 2 N–H and O–H groups in total. The lowest BCUT2D eigenvalue weighted by Gasteiger charge is -2.23. The van der Waals surface area contributed by atoms with Crippen LogP contribution in [-0.2, 0) is 9.84 Å². The first-order valence-corrected chi connectivity index (χ1v) is 8.85. The molecule has 21 heavy (non-hydrogen) atoms. The van der Waals surface area contributed by atoms with Gasteiger partial charge in [0.05, 0.1) is 18.6 Å². The standard InChI is InChI=1S/C12H21N5O3S/c1-3-6-13-10-15-11(17-12(16-10)20-2)14-9-4-7-21(18,19)8-5-9/h9H,3-8H2,1-2H3,(H2,13,14,15,16,17). The quantitative estimate of drug-likeness (QED) is 0.790. The van der Waals surface area contributed by atoms with E-state index in [4.69, 9.17) is 4.74 Å². The molecule has 2 rings (SSSR count). The van der Waals surface area contributed by atoms with Crippen LogP contribution in [0.4, 0.5) is 11.9 Å². The van der Waals surface area contributed by atoms with E-state index in [1.54, 1.807) is 0 Å². The molecule has 1 aromatic rings. The van der Waals surface area contributed by atoms with Crippen LogP contribution in [0.3, 0.4) is 0 Å². The molecule has 0 bridgehead atoms. The molecule has 0 atom stereocenters. The molecule has 0 aliphatic carbocycles. The number of sulfone groups is 1. The van der Waals surface area contributed by atoms with E-state index >= 15 is 0 Å². The Morgan fingerprint density at radius 1 is 1.19 bits per heavy atom. The summed E-state index contributed by atoms with van der Waals surface area (Å²) in [6.07, 6.45) is 2.08. The topological polar surface area (TPSA) is 106 Å². The summed E-state index contributed by atoms with van der Waals surface area (Å²) in [5, 5.41) is 6.25. The molecule has 0 radical (unpaired) electrons. The highest BCUT2D eigenvalue weighted by Crippen LogP contribution is 2.17. The van der Waals surface area contributed by atoms with Crippen molar-refractivity contribution in [1.29, 1.82) is 0 Å². The van der Waals surface area contributed by atoms with Crippen molar-refractivity contribution >= 4 is 21.7 Å². The second-order valence-corrected chi connectivity index (χ2v) is 7.27. The average molecular weight is 315 g/mol. The van der Waals surface area contributed by atoms with Gasteiger partial charge in [-0.2, -0.15) is 15.0 Å². The van der Waals surface area contributed by atoms with Gasteiger partial charge in [0, 0.05) is 12.6 Å². The molecule has 1 aliphatic heterocycles. The van der Waals surface area contributed by atoms with E-state index in [2.05, 4.69) is 25.6 Å². The molecule has 1 fully saturated rings. The number of nitrogens with one attached hydrogen (secondary N) is 2. The van der Waals surface area contributed by atoms with Crippen LogP contribution in [0.5, 0.6) is 6.01 Å². The van der Waals surface area contributed by atoms with Crippen molar-refractivity contribution in [3.05, 3.63) is 0 Å². The van der Waals surface area contributed by atoms with Crippen LogP contribution in [0.25, 0.3) is 0 Å². The molecule has 2 heterocycles. The number of aromatic nitrogens is 3. The Bertz CT molecular complexity index is 564. The lowest BCUT2D eigenvalue weighted by atomic mass is 10.2. The van der Waals surface area contributed by atoms with Crippen molar-refractivity contribution < 1.29 is 13.2 Å². The normalized spacial score (nSPS) is 18.2. The van der Waals surface area contributed by atoms with Gasteiger partial charge in [-0.25, -0.2) is 8.42 Å². The number of ether oxygens (including phenoxy) is 1. The van der Waals surface area contributed by atoms with Gasteiger partial charge in [0.15, 0.2) is 0 Å². The van der Waals surface area contributed by atoms with Gasteiger partial charge < -0.3 is 15.4 Å². The molecule has 9 heteroatoms. The molecule has 0 saturated carbocycles. The fraction of sp³-hybridized carbons (Fsp3) is 0.750. The summed E-state index contributed by atoms with van der Waals surface area (Å²) < 4.78 is 27.9. The number of hydrogen-bond donors (Lipinski definition) is 2. The van der Waals surface area contributed by atoms with Crippen LogP contribution < -0.4 is 15.4 Å². The molecule has 0 spiro atoms. The van der Waals surface area contributed by atoms with Gasteiger partial charge in [0.25, 0.3) is 0 Å². The minimum absolute atomic E-state index is 0.0552. The lowest BCUT2D eigenvalue weighted by Crippen LogP contribution is -2.32. The summed E-state index contributed by atoms with van der Waals surface area (Å²) in [5.74, 6) is 1.26. The van der Waals surface area contributed by atoms with Gasteiger partial charge >= 0.3 is 6.01 Å². The van der Waals surface area contributed by atoms with E-state index < -0.39 is 9.84 Å². The summed E-state index contributed by atoms with van der Waals surface area (Å²) in [6.45, 7) is 2.81. The van der Waals surface area contributed by atoms with E-state index in [0.717, 1.165) is 13.0 Å². The van der Waals surface area contributed by atoms with Crippen LogP contribution >= 0.6 is 0 Å². The molecule has 1 aliphatic rings. The summed E-state index contributed by atoms with van der Waals surface area (Å²) in [4.78, 5) is 12.5. The SMILES string of the molecule is CCCNc1nc(NC2CCS(=O)(=O)CC2)nc(OC)n1. The molecule has 118 valence electrons. The van der Waals surface area contributed by atoms with Crippen molar-refractivity contribution in [3.8, 4) is 6.01 Å². The highest BCUT2D eigenvalue weighted by molar-refractivity contribution is 7.91. The Hall–Kier alpha value is -1.64. The van der Waals surface area contributed by atoms with Crippen molar-refractivity contribution in [1.82, 2.24) is 15.0 Å². The van der Waals surface area contributed by atoms with Gasteiger partial charge in [-0.1, -0.05) is 6.92 Å². The van der Waals surface area contributed by atoms with Gasteiger partial charge in [0.2, 0.25) is 11.9 Å². The molecular weight excluding hydrogens is 294 g/mol. The Morgan fingerprint density at radius 3 is 2.48 bits per heavy atom. The lowest BCUT2D eigenvalue weighted by molar-refractivity contribution is 0.379. The minimum Gasteiger partial charge on any atom is -0.467 e. The second kappa shape index (κ2) is 6.88. The summed E-state index contributed by atoms with van der Waals surface area (Å²) >= 11 is 0. The van der Waals surface area contributed by atoms with Crippen LogP contribution in [0.2, 0.25) is 0 Å². The Labute approximate surface area is 124 Å². The van der Waals surface area contributed by atoms with Crippen molar-refractivity contribution in [2.24, 2.45) is 0 Å². The monoisotopic (exact) mass is 315 g/mol. The number of rotatable bonds is 6. The van der Waals surface area contributed by atoms with Gasteiger partial charge in [-0.05, 0) is 19.3 Å². The van der Waals surface area contributed by atoms with Crippen LogP contribution in [0, 0.1) is 0 Å². The van der Waals surface area contributed by atoms with E-state index in [0.29, 0.717) is 24.7 Å². The second-order valence-electron chi connectivity index (χ2n) is 4.97. The first kappa shape index (κ1) is 15.7. The van der Waals surface area contributed by atoms with Gasteiger partial charge in [0.1, 0.15) is 9.84 Å². The van der Waals surface area contributed by atoms with E-state index in [1.807, 2.05) is 6.92 Å². The summed E-state index contributed by atoms with van der Waals surface area (Å²) in [6, 6.07) is 0.286. The predicted molar refractivity (Wildman–Crippen MR) is 80.5 cm³/mol. The van der Waals surface area contributed by atoms with Crippen LogP contribution in [-0.4, -0.2) is 54.6 Å². The fourth-order valence-electron chi connectivity index (χ4n) is 2.05. The Balaban J connectivity index is 2.05. The summed E-state index contributed by atoms with van der Waals surface area (Å²) in [5.41, 5.74) is 0. The van der Waals surface area contributed by atoms with Crippen molar-refractivity contribution in [2.75, 3.05) is 35.8 Å². The van der Waals surface area contributed by atoms with E-state index in [-0.39, 0.29) is 23.6 Å². The predicted octanol–water partition coefficient (Wildman–Crippen LogP) is 0.691. The molecule has 0 aromatic carbocycles. The zero-order chi connectivity index (χ0) is 15.3. The Morgan fingerprint density at radius 2 is 1.86 bits per heavy atom. The summed E-state index contributed by atoms with van der Waals surface area (Å²) in [7, 11) is -1.38. The van der Waals surface area contributed by atoms with Crippen molar-refractivity contribution in [3.63, 3.8) is 0 Å². The fourth-order valence-corrected chi connectivity index (χ4v) is 3.54. The first-order valence-electron chi connectivity index (χ1n) is 7.03. The first-order chi connectivity index (χ1) is 10.0. The zero-order valence-electron chi connectivity index (χ0n) is 12.3. The maximum absolute atomic E-state index is 11.4. The van der Waals surface area contributed by atoms with Crippen molar-refractivity contribution in [2.45, 2.75) is 32.2 Å². The van der Waals surface area contributed by atoms with Gasteiger partial charge in [-0.15, -0.1) is 0 Å². The highest BCUT2D eigenvalue weighted by Gasteiger charge is 2.24. The number of anilines is 2. The third-order valence-electron chi connectivity index (χ3n) is 3.22. The molecule has 8 nitrogen and oxygen atoms in total. The maximum Gasteiger partial charge on any atom is 0.322 e. The third kappa shape index (κ3) is 4.69. The van der Waals surface area contributed by atoms with Gasteiger partial charge in [-0.3, -0.25) is 0 Å². The van der Waals surface area contributed by atoms with Crippen LogP contribution in [0.15, 0.2) is 0 Å². The molecule has 0 amide bonds. The molecular formula is C12H21N5O3S. The average Bonchev–Trinajstić information content (AvgIpc) is 2.47. The van der Waals surface area contributed by atoms with E-state index in [9.17, 15) is 8.42 Å². The highest BCUT2D eigenvalue weighted by atomic mass is 32.2. The number of hydrogen-bond acceptors (Lipinski definition) is 8. The molecule has 0 unspecified atom stereocenters. The number of nitrogens with zero attached hydrogens (tertiary/aromatic N) is 3. The number of methoxy groups -OCH3 is 1. The Kier molecular flexibility index (Phi) is 5.16. The van der Waals surface area contributed by atoms with Crippen LogP contribution in [0.1, 0.15) is 26.2 Å². The molecule has 1 aromatic heterocycles. The largest absolute Gasteiger partial charge is 0.467 e.